The minimum absolute atomic E-state index is 0.0243. The highest BCUT2D eigenvalue weighted by Crippen LogP contribution is 2.57. The predicted octanol–water partition coefficient (Wildman–Crippen LogP) is 3.79. The van der Waals surface area contributed by atoms with Crippen molar-refractivity contribution in [2.24, 2.45) is 17.8 Å². The predicted molar refractivity (Wildman–Crippen MR) is 88.8 cm³/mol. The third-order valence-corrected chi connectivity index (χ3v) is 6.65. The summed E-state index contributed by atoms with van der Waals surface area (Å²) in [7, 11) is 0. The average Bonchev–Trinajstić information content (AvgIpc) is 2.50. The first-order chi connectivity index (χ1) is 10.6. The topological polar surface area (TPSA) is 38.3 Å². The summed E-state index contributed by atoms with van der Waals surface area (Å²) in [5.41, 5.74) is 1.00. The van der Waals surface area contributed by atoms with E-state index in [0.29, 0.717) is 23.7 Å². The highest BCUT2D eigenvalue weighted by molar-refractivity contribution is 7.81. The van der Waals surface area contributed by atoms with Crippen LogP contribution < -0.4 is 5.32 Å². The van der Waals surface area contributed by atoms with Gasteiger partial charge in [-0.2, -0.15) is 12.6 Å². The molecule has 4 aliphatic carbocycles. The van der Waals surface area contributed by atoms with Gasteiger partial charge in [-0.05, 0) is 55.4 Å². The third kappa shape index (κ3) is 2.62. The summed E-state index contributed by atoms with van der Waals surface area (Å²) in [4.78, 5) is 12.2. The van der Waals surface area contributed by atoms with Gasteiger partial charge in [0, 0.05) is 10.8 Å². The van der Waals surface area contributed by atoms with Crippen molar-refractivity contribution >= 4 is 18.7 Å². The van der Waals surface area contributed by atoms with Crippen molar-refractivity contribution in [1.29, 1.82) is 0 Å². The molecule has 0 spiro atoms. The molecule has 3 nitrogen and oxygen atoms in total. The van der Waals surface area contributed by atoms with E-state index in [1.54, 1.807) is 0 Å². The van der Waals surface area contributed by atoms with E-state index in [1.807, 2.05) is 30.3 Å². The van der Waals surface area contributed by atoms with Crippen molar-refractivity contribution < 1.29 is 9.53 Å². The molecule has 0 aliphatic heterocycles. The van der Waals surface area contributed by atoms with Crippen LogP contribution in [0.3, 0.4) is 0 Å². The second-order valence-electron chi connectivity index (χ2n) is 7.43. The largest absolute Gasteiger partial charge is 0.445 e. The molecular weight excluding hydrogens is 294 g/mol. The Kier molecular flexibility index (Phi) is 3.60. The number of hydrogen-bond acceptors (Lipinski definition) is 3. The van der Waals surface area contributed by atoms with Crippen LogP contribution in [0, 0.1) is 17.8 Å². The number of ether oxygens (including phenoxy) is 1. The molecule has 1 aromatic rings. The van der Waals surface area contributed by atoms with Gasteiger partial charge in [0.2, 0.25) is 0 Å². The molecule has 1 aromatic carbocycles. The Morgan fingerprint density at radius 3 is 2.55 bits per heavy atom. The summed E-state index contributed by atoms with van der Waals surface area (Å²) in [6.07, 6.45) is 5.62. The number of nitrogens with one attached hydrogen (secondary N) is 1. The lowest BCUT2D eigenvalue weighted by Crippen LogP contribution is -2.62. The van der Waals surface area contributed by atoms with Crippen molar-refractivity contribution in [2.45, 2.75) is 49.5 Å². The molecule has 0 heterocycles. The maximum Gasteiger partial charge on any atom is 0.407 e. The molecule has 4 heteroatoms. The highest BCUT2D eigenvalue weighted by atomic mass is 32.1. The van der Waals surface area contributed by atoms with Gasteiger partial charge in [-0.3, -0.25) is 0 Å². The van der Waals surface area contributed by atoms with Gasteiger partial charge in [-0.1, -0.05) is 30.3 Å². The Morgan fingerprint density at radius 1 is 1.18 bits per heavy atom. The molecule has 0 saturated heterocycles. The second kappa shape index (κ2) is 5.48. The van der Waals surface area contributed by atoms with Crippen LogP contribution in [0.5, 0.6) is 0 Å². The zero-order valence-electron chi connectivity index (χ0n) is 12.7. The zero-order valence-corrected chi connectivity index (χ0v) is 13.6. The minimum atomic E-state index is -0.262. The van der Waals surface area contributed by atoms with E-state index in [-0.39, 0.29) is 11.6 Å². The normalized spacial score (nSPS) is 38.8. The van der Waals surface area contributed by atoms with Gasteiger partial charge >= 0.3 is 6.09 Å². The Morgan fingerprint density at radius 2 is 1.86 bits per heavy atom. The van der Waals surface area contributed by atoms with Gasteiger partial charge < -0.3 is 10.1 Å². The van der Waals surface area contributed by atoms with Crippen LogP contribution in [0.4, 0.5) is 4.79 Å². The number of benzene rings is 1. The lowest BCUT2D eigenvalue weighted by atomic mass is 9.52. The lowest BCUT2D eigenvalue weighted by Gasteiger charge is -2.59. The Labute approximate surface area is 137 Å². The molecular formula is C18H23NO2S. The van der Waals surface area contributed by atoms with E-state index in [2.05, 4.69) is 5.32 Å². The SMILES string of the molecule is O=C(NC12CC3CC(C1)C(S)C(C3)C2)OCc1ccccc1. The molecule has 22 heavy (non-hydrogen) atoms. The summed E-state index contributed by atoms with van der Waals surface area (Å²) in [6.45, 7) is 0.341. The number of carbonyl (C=O) groups is 1. The second-order valence-corrected chi connectivity index (χ2v) is 8.02. The first kappa shape index (κ1) is 14.4. The number of thiol groups is 1. The molecule has 4 bridgehead atoms. The Balaban J connectivity index is 1.38. The number of amides is 1. The standard InChI is InChI=1S/C18H23NO2S/c20-17(21-11-12-4-2-1-3-5-12)19-18-8-13-6-14(9-18)16(22)15(7-13)10-18/h1-5,13-16,22H,6-11H2,(H,19,20). The summed E-state index contributed by atoms with van der Waals surface area (Å²) in [5, 5.41) is 3.75. The summed E-state index contributed by atoms with van der Waals surface area (Å²) in [6, 6.07) is 9.84. The number of carbonyl (C=O) groups excluding carboxylic acids is 1. The van der Waals surface area contributed by atoms with E-state index < -0.39 is 0 Å². The molecule has 1 N–H and O–H groups in total. The summed E-state index contributed by atoms with van der Waals surface area (Å²) >= 11 is 4.82. The molecule has 0 aromatic heterocycles. The van der Waals surface area contributed by atoms with Gasteiger partial charge in [0.05, 0.1) is 0 Å². The van der Waals surface area contributed by atoms with Crippen LogP contribution in [-0.2, 0) is 11.3 Å². The van der Waals surface area contributed by atoms with Gasteiger partial charge in [-0.25, -0.2) is 4.79 Å². The van der Waals surface area contributed by atoms with Gasteiger partial charge in [0.15, 0.2) is 0 Å². The van der Waals surface area contributed by atoms with E-state index >= 15 is 0 Å². The van der Waals surface area contributed by atoms with Crippen LogP contribution in [0.2, 0.25) is 0 Å². The summed E-state index contributed by atoms with van der Waals surface area (Å²) < 4.78 is 5.42. The van der Waals surface area contributed by atoms with Gasteiger partial charge in [-0.15, -0.1) is 0 Å². The Hall–Kier alpha value is -1.16. The minimum Gasteiger partial charge on any atom is -0.445 e. The van der Waals surface area contributed by atoms with Crippen molar-refractivity contribution in [1.82, 2.24) is 5.32 Å². The lowest BCUT2D eigenvalue weighted by molar-refractivity contribution is -0.0136. The molecule has 4 saturated carbocycles. The van der Waals surface area contributed by atoms with Crippen LogP contribution in [0.25, 0.3) is 0 Å². The third-order valence-electron chi connectivity index (χ3n) is 5.80. The Bertz CT molecular complexity index is 545. The number of alkyl carbamates (subject to hydrolysis) is 1. The van der Waals surface area contributed by atoms with E-state index in [0.717, 1.165) is 30.7 Å². The molecule has 118 valence electrons. The monoisotopic (exact) mass is 317 g/mol. The van der Waals surface area contributed by atoms with Crippen molar-refractivity contribution in [3.63, 3.8) is 0 Å². The molecule has 5 rings (SSSR count). The van der Waals surface area contributed by atoms with Crippen LogP contribution >= 0.6 is 12.6 Å². The maximum absolute atomic E-state index is 12.2. The van der Waals surface area contributed by atoms with E-state index in [9.17, 15) is 4.79 Å². The van der Waals surface area contributed by atoms with Gasteiger partial charge in [0.1, 0.15) is 6.61 Å². The van der Waals surface area contributed by atoms with Crippen molar-refractivity contribution in [3.05, 3.63) is 35.9 Å². The van der Waals surface area contributed by atoms with Crippen molar-refractivity contribution in [2.75, 3.05) is 0 Å². The van der Waals surface area contributed by atoms with Gasteiger partial charge in [0.25, 0.3) is 0 Å². The molecule has 4 fully saturated rings. The maximum atomic E-state index is 12.2. The average molecular weight is 317 g/mol. The fourth-order valence-electron chi connectivity index (χ4n) is 5.13. The molecule has 2 atom stereocenters. The first-order valence-electron chi connectivity index (χ1n) is 8.30. The number of hydrogen-bond donors (Lipinski definition) is 2. The van der Waals surface area contributed by atoms with Crippen molar-refractivity contribution in [3.8, 4) is 0 Å². The van der Waals surface area contributed by atoms with Crippen LogP contribution in [0.15, 0.2) is 30.3 Å². The first-order valence-corrected chi connectivity index (χ1v) is 8.82. The quantitative estimate of drug-likeness (QED) is 0.833. The fourth-order valence-corrected chi connectivity index (χ4v) is 5.58. The summed E-state index contributed by atoms with van der Waals surface area (Å²) in [5.74, 6) is 2.11. The fraction of sp³-hybridized carbons (Fsp3) is 0.611. The zero-order chi connectivity index (χ0) is 15.2. The molecule has 4 aliphatic rings. The molecule has 0 radical (unpaired) electrons. The highest BCUT2D eigenvalue weighted by Gasteiger charge is 2.55. The molecule has 2 unspecified atom stereocenters. The van der Waals surface area contributed by atoms with E-state index in [4.69, 9.17) is 17.4 Å². The van der Waals surface area contributed by atoms with E-state index in [1.165, 1.54) is 12.8 Å². The van der Waals surface area contributed by atoms with Crippen LogP contribution in [-0.4, -0.2) is 16.9 Å². The molecule has 1 amide bonds. The van der Waals surface area contributed by atoms with Crippen LogP contribution in [0.1, 0.15) is 37.7 Å². The number of rotatable bonds is 3. The smallest absolute Gasteiger partial charge is 0.407 e.